The molecule has 1 unspecified atom stereocenters. The molecule has 183 valence electrons. The monoisotopic (exact) mass is 458 g/mol. The van der Waals surface area contributed by atoms with Crippen molar-refractivity contribution in [1.29, 1.82) is 0 Å². The van der Waals surface area contributed by atoms with E-state index in [1.54, 1.807) is 7.05 Å². The molecule has 0 spiro atoms. The van der Waals surface area contributed by atoms with Gasteiger partial charge in [0.1, 0.15) is 5.76 Å². The molecule has 2 heteroatoms. The second-order valence-electron chi connectivity index (χ2n) is 9.85. The Morgan fingerprint density at radius 1 is 0.971 bits per heavy atom. The molecule has 34 heavy (non-hydrogen) atoms. The van der Waals surface area contributed by atoms with Gasteiger partial charge >= 0.3 is 0 Å². The Hall–Kier alpha value is -2.61. The van der Waals surface area contributed by atoms with Crippen LogP contribution in [0.4, 0.5) is 0 Å². The van der Waals surface area contributed by atoms with Crippen molar-refractivity contribution in [3.05, 3.63) is 84.0 Å². The molecule has 2 aromatic carbocycles. The van der Waals surface area contributed by atoms with E-state index < -0.39 is 0 Å². The average Bonchev–Trinajstić information content (AvgIpc) is 2.77. The van der Waals surface area contributed by atoms with Crippen LogP contribution in [0.5, 0.6) is 0 Å². The number of hydrogen-bond donors (Lipinski definition) is 0. The molecule has 0 saturated carbocycles. The van der Waals surface area contributed by atoms with Gasteiger partial charge in [-0.2, -0.15) is 0 Å². The summed E-state index contributed by atoms with van der Waals surface area (Å²) in [7, 11) is 1.79. The van der Waals surface area contributed by atoms with Crippen LogP contribution in [0.2, 0.25) is 0 Å². The number of ether oxygens (including phenoxy) is 1. The largest absolute Gasteiger partial charge is 0.443 e. The van der Waals surface area contributed by atoms with E-state index in [4.69, 9.17) is 4.74 Å². The molecule has 0 fully saturated rings. The summed E-state index contributed by atoms with van der Waals surface area (Å²) in [6.07, 6.45) is 5.57. The maximum absolute atomic E-state index is 6.09. The fourth-order valence-corrected chi connectivity index (χ4v) is 4.18. The van der Waals surface area contributed by atoms with Gasteiger partial charge in [0.15, 0.2) is 0 Å². The van der Waals surface area contributed by atoms with Crippen molar-refractivity contribution < 1.29 is 4.74 Å². The molecule has 0 amide bonds. The predicted octanol–water partition coefficient (Wildman–Crippen LogP) is 9.01. The first kappa shape index (κ1) is 27.6. The minimum absolute atomic E-state index is 0.243. The normalized spacial score (nSPS) is 15.6. The highest BCUT2D eigenvalue weighted by molar-refractivity contribution is 5.97. The van der Waals surface area contributed by atoms with Crippen LogP contribution in [0.15, 0.2) is 65.9 Å². The SMILES string of the molecule is C=C(OC(=NC)c1ccc(-c2ccccc2C2=C[CH]C2C(C)C)cc1CC(C)C)C(C)C.CC. The van der Waals surface area contributed by atoms with Gasteiger partial charge in [-0.05, 0) is 64.5 Å². The van der Waals surface area contributed by atoms with Crippen molar-refractivity contribution in [2.45, 2.75) is 61.8 Å². The molecule has 0 heterocycles. The lowest BCUT2D eigenvalue weighted by Gasteiger charge is -2.32. The second-order valence-corrected chi connectivity index (χ2v) is 9.85. The van der Waals surface area contributed by atoms with E-state index in [0.29, 0.717) is 23.7 Å². The number of nitrogens with zero attached hydrogens (tertiary/aromatic N) is 1. The summed E-state index contributed by atoms with van der Waals surface area (Å²) in [5.41, 5.74) is 7.63. The molecule has 1 aliphatic carbocycles. The number of allylic oxidation sites excluding steroid dienone is 3. The van der Waals surface area contributed by atoms with E-state index in [2.05, 4.69) is 108 Å². The maximum atomic E-state index is 6.09. The Morgan fingerprint density at radius 3 is 2.12 bits per heavy atom. The van der Waals surface area contributed by atoms with Gasteiger partial charge in [-0.1, -0.05) is 104 Å². The molecule has 1 atom stereocenters. The Morgan fingerprint density at radius 2 is 1.62 bits per heavy atom. The quantitative estimate of drug-likeness (QED) is 0.220. The Bertz CT molecular complexity index is 1020. The van der Waals surface area contributed by atoms with E-state index in [-0.39, 0.29) is 5.92 Å². The molecule has 2 nitrogen and oxygen atoms in total. The summed E-state index contributed by atoms with van der Waals surface area (Å²) in [6.45, 7) is 21.3. The molecule has 0 N–H and O–H groups in total. The van der Waals surface area contributed by atoms with E-state index in [0.717, 1.165) is 17.7 Å². The number of benzene rings is 2. The van der Waals surface area contributed by atoms with Crippen molar-refractivity contribution >= 4 is 11.5 Å². The highest BCUT2D eigenvalue weighted by Gasteiger charge is 2.27. The van der Waals surface area contributed by atoms with Crippen LogP contribution in [-0.4, -0.2) is 12.9 Å². The number of aliphatic imine (C=N–C) groups is 1. The standard InChI is InChI=1S/C30H38NO.C2H6/c1-19(2)17-24-18-23(13-14-27(24)30(31-8)32-22(7)20(3)4)26-11-9-10-12-28(26)29-16-15-25(29)21(5)6;1-2/h9-16,18-21,25H,7,17H2,1-6,8H3;1-2H3. The number of hydrogen-bond acceptors (Lipinski definition) is 2. The zero-order chi connectivity index (χ0) is 25.4. The van der Waals surface area contributed by atoms with E-state index >= 15 is 0 Å². The topological polar surface area (TPSA) is 21.6 Å². The van der Waals surface area contributed by atoms with Gasteiger partial charge < -0.3 is 4.74 Å². The third-order valence-electron chi connectivity index (χ3n) is 6.15. The average molecular weight is 459 g/mol. The summed E-state index contributed by atoms with van der Waals surface area (Å²) in [6, 6.07) is 15.5. The summed E-state index contributed by atoms with van der Waals surface area (Å²) in [4.78, 5) is 4.47. The van der Waals surface area contributed by atoms with Gasteiger partial charge in [0.05, 0.1) is 0 Å². The minimum Gasteiger partial charge on any atom is -0.443 e. The first-order chi connectivity index (χ1) is 16.2. The lowest BCUT2D eigenvalue weighted by molar-refractivity contribution is 0.361. The van der Waals surface area contributed by atoms with Gasteiger partial charge in [-0.3, -0.25) is 4.99 Å². The van der Waals surface area contributed by atoms with Crippen LogP contribution in [0, 0.1) is 30.1 Å². The van der Waals surface area contributed by atoms with E-state index in [1.807, 2.05) is 13.8 Å². The maximum Gasteiger partial charge on any atom is 0.221 e. The molecule has 1 aliphatic rings. The van der Waals surface area contributed by atoms with Crippen LogP contribution in [0.1, 0.15) is 72.1 Å². The van der Waals surface area contributed by atoms with Crippen molar-refractivity contribution in [3.8, 4) is 11.1 Å². The van der Waals surface area contributed by atoms with Gasteiger partial charge in [-0.25, -0.2) is 0 Å². The third-order valence-corrected chi connectivity index (χ3v) is 6.15. The lowest BCUT2D eigenvalue weighted by atomic mass is 9.72. The van der Waals surface area contributed by atoms with Gasteiger partial charge in [0, 0.05) is 18.5 Å². The first-order valence-electron chi connectivity index (χ1n) is 12.8. The zero-order valence-electron chi connectivity index (χ0n) is 22.8. The van der Waals surface area contributed by atoms with Crippen LogP contribution in [0.3, 0.4) is 0 Å². The summed E-state index contributed by atoms with van der Waals surface area (Å²) in [5.74, 6) is 3.29. The Labute approximate surface area is 208 Å². The molecule has 1 radical (unpaired) electrons. The van der Waals surface area contributed by atoms with Crippen molar-refractivity contribution in [2.24, 2.45) is 28.7 Å². The molecule has 2 aromatic rings. The van der Waals surface area contributed by atoms with Gasteiger partial charge in [0.25, 0.3) is 0 Å². The molecule has 0 aromatic heterocycles. The molecular weight excluding hydrogens is 414 g/mol. The lowest BCUT2D eigenvalue weighted by Crippen LogP contribution is -2.18. The molecule has 0 bridgehead atoms. The van der Waals surface area contributed by atoms with Gasteiger partial charge in [0.2, 0.25) is 5.90 Å². The fourth-order valence-electron chi connectivity index (χ4n) is 4.18. The molecule has 0 aliphatic heterocycles. The smallest absolute Gasteiger partial charge is 0.221 e. The van der Waals surface area contributed by atoms with Crippen LogP contribution < -0.4 is 0 Å². The first-order valence-corrected chi connectivity index (χ1v) is 12.8. The molecular formula is C32H44NO. The summed E-state index contributed by atoms with van der Waals surface area (Å²) >= 11 is 0. The molecule has 0 saturated heterocycles. The van der Waals surface area contributed by atoms with Crippen LogP contribution >= 0.6 is 0 Å². The Balaban J connectivity index is 0.00000199. The van der Waals surface area contributed by atoms with Crippen molar-refractivity contribution in [2.75, 3.05) is 7.05 Å². The summed E-state index contributed by atoms with van der Waals surface area (Å²) < 4.78 is 6.09. The highest BCUT2D eigenvalue weighted by Crippen LogP contribution is 2.43. The minimum atomic E-state index is 0.243. The highest BCUT2D eigenvalue weighted by atomic mass is 16.5. The van der Waals surface area contributed by atoms with Gasteiger partial charge in [-0.15, -0.1) is 0 Å². The Kier molecular flexibility index (Phi) is 10.4. The number of rotatable bonds is 8. The van der Waals surface area contributed by atoms with Crippen LogP contribution in [-0.2, 0) is 11.2 Å². The summed E-state index contributed by atoms with van der Waals surface area (Å²) in [5, 5.41) is 0. The van der Waals surface area contributed by atoms with Crippen molar-refractivity contribution in [1.82, 2.24) is 0 Å². The third kappa shape index (κ3) is 6.50. The molecule has 3 rings (SSSR count). The van der Waals surface area contributed by atoms with E-state index in [9.17, 15) is 0 Å². The zero-order valence-corrected chi connectivity index (χ0v) is 22.8. The van der Waals surface area contributed by atoms with Crippen LogP contribution in [0.25, 0.3) is 16.7 Å². The predicted molar refractivity (Wildman–Crippen MR) is 150 cm³/mol. The van der Waals surface area contributed by atoms with Crippen molar-refractivity contribution in [3.63, 3.8) is 0 Å². The fraction of sp³-hybridized carbons (Fsp3) is 0.438. The second kappa shape index (κ2) is 12.7. The van der Waals surface area contributed by atoms with E-state index in [1.165, 1.54) is 27.8 Å².